The molecule has 0 amide bonds. The van der Waals surface area contributed by atoms with Crippen molar-refractivity contribution in [3.8, 4) is 0 Å². The van der Waals surface area contributed by atoms with Crippen LogP contribution in [-0.4, -0.2) is 5.11 Å². The molecule has 2 nitrogen and oxygen atoms in total. The van der Waals surface area contributed by atoms with Crippen LogP contribution >= 0.6 is 15.9 Å². The van der Waals surface area contributed by atoms with E-state index in [-0.39, 0.29) is 0 Å². The normalized spacial score (nSPS) is 31.8. The van der Waals surface area contributed by atoms with Gasteiger partial charge < -0.3 is 10.8 Å². The quantitative estimate of drug-likeness (QED) is 0.832. The van der Waals surface area contributed by atoms with Crippen LogP contribution in [0.3, 0.4) is 0 Å². The predicted molar refractivity (Wildman–Crippen MR) is 77.1 cm³/mol. The minimum Gasteiger partial charge on any atom is -0.398 e. The van der Waals surface area contributed by atoms with Gasteiger partial charge in [-0.2, -0.15) is 0 Å². The van der Waals surface area contributed by atoms with Crippen molar-refractivity contribution in [1.82, 2.24) is 0 Å². The lowest BCUT2D eigenvalue weighted by molar-refractivity contribution is 0.126. The van der Waals surface area contributed by atoms with Crippen LogP contribution in [0.2, 0.25) is 0 Å². The van der Waals surface area contributed by atoms with E-state index in [9.17, 15) is 5.11 Å². The highest BCUT2D eigenvalue weighted by atomic mass is 79.9. The highest BCUT2D eigenvalue weighted by molar-refractivity contribution is 9.10. The van der Waals surface area contributed by atoms with Gasteiger partial charge in [0.05, 0.1) is 6.10 Å². The van der Waals surface area contributed by atoms with Crippen LogP contribution in [0.1, 0.15) is 43.8 Å². The minimum atomic E-state index is -0.410. The first-order chi connectivity index (χ1) is 8.63. The van der Waals surface area contributed by atoms with Gasteiger partial charge in [0.15, 0.2) is 0 Å². The van der Waals surface area contributed by atoms with Gasteiger partial charge in [0.1, 0.15) is 0 Å². The average molecular weight is 310 g/mol. The summed E-state index contributed by atoms with van der Waals surface area (Å²) in [5.74, 6) is 2.50. The number of halogens is 1. The van der Waals surface area contributed by atoms with E-state index in [1.807, 2.05) is 18.2 Å². The first-order valence-electron chi connectivity index (χ1n) is 6.86. The van der Waals surface area contributed by atoms with Crippen LogP contribution in [0.4, 0.5) is 5.69 Å². The molecule has 2 aliphatic carbocycles. The summed E-state index contributed by atoms with van der Waals surface area (Å²) in [6.45, 7) is 0. The van der Waals surface area contributed by atoms with Gasteiger partial charge in [-0.3, -0.25) is 0 Å². The Labute approximate surface area is 117 Å². The fourth-order valence-corrected chi connectivity index (χ4v) is 4.29. The highest BCUT2D eigenvalue weighted by Crippen LogP contribution is 2.51. The number of rotatable bonds is 3. The molecule has 0 heterocycles. The molecule has 0 radical (unpaired) electrons. The van der Waals surface area contributed by atoms with Crippen molar-refractivity contribution in [2.75, 3.05) is 5.73 Å². The Balaban J connectivity index is 1.71. The molecular formula is C15H20BrNO. The molecule has 2 saturated carbocycles. The first-order valence-corrected chi connectivity index (χ1v) is 7.65. The molecule has 3 N–H and O–H groups in total. The number of nitrogens with two attached hydrogens (primary N) is 1. The maximum atomic E-state index is 10.4. The fourth-order valence-electron chi connectivity index (χ4n) is 3.91. The number of benzene rings is 1. The molecule has 3 heteroatoms. The smallest absolute Gasteiger partial charge is 0.0813 e. The summed E-state index contributed by atoms with van der Waals surface area (Å²) in [6.07, 6.45) is 5.96. The van der Waals surface area contributed by atoms with Gasteiger partial charge >= 0.3 is 0 Å². The molecule has 0 saturated heterocycles. The van der Waals surface area contributed by atoms with Crippen molar-refractivity contribution >= 4 is 21.6 Å². The lowest BCUT2D eigenvalue weighted by Gasteiger charge is -2.25. The molecule has 1 aromatic rings. The van der Waals surface area contributed by atoms with Crippen LogP contribution in [0.15, 0.2) is 22.7 Å². The molecule has 2 bridgehead atoms. The number of hydrogen-bond donors (Lipinski definition) is 2. The summed E-state index contributed by atoms with van der Waals surface area (Å²) in [4.78, 5) is 0. The summed E-state index contributed by atoms with van der Waals surface area (Å²) in [6, 6.07) is 5.74. The Morgan fingerprint density at radius 1 is 1.33 bits per heavy atom. The van der Waals surface area contributed by atoms with E-state index in [0.29, 0.717) is 11.6 Å². The minimum absolute atomic E-state index is 0.410. The Kier molecular flexibility index (Phi) is 3.37. The highest BCUT2D eigenvalue weighted by Gasteiger charge is 2.40. The fraction of sp³-hybridized carbons (Fsp3) is 0.600. The third-order valence-corrected chi connectivity index (χ3v) is 5.31. The molecule has 1 aromatic carbocycles. The molecule has 98 valence electrons. The van der Waals surface area contributed by atoms with Crippen LogP contribution in [-0.2, 0) is 0 Å². The summed E-state index contributed by atoms with van der Waals surface area (Å²) in [5, 5.41) is 10.4. The Hall–Kier alpha value is -0.540. The zero-order valence-corrected chi connectivity index (χ0v) is 12.1. The number of anilines is 1. The van der Waals surface area contributed by atoms with E-state index in [0.717, 1.165) is 28.3 Å². The van der Waals surface area contributed by atoms with Gasteiger partial charge in [-0.05, 0) is 61.6 Å². The van der Waals surface area contributed by atoms with Gasteiger partial charge in [0.25, 0.3) is 0 Å². The third kappa shape index (κ3) is 2.30. The lowest BCUT2D eigenvalue weighted by Crippen LogP contribution is -2.15. The van der Waals surface area contributed by atoms with Crippen molar-refractivity contribution in [2.45, 2.75) is 38.2 Å². The largest absolute Gasteiger partial charge is 0.398 e. The summed E-state index contributed by atoms with van der Waals surface area (Å²) in [7, 11) is 0. The Morgan fingerprint density at radius 3 is 2.83 bits per heavy atom. The van der Waals surface area contributed by atoms with Crippen LogP contribution in [0, 0.1) is 17.8 Å². The second-order valence-corrected chi connectivity index (χ2v) is 6.88. The Bertz CT molecular complexity index is 448. The van der Waals surface area contributed by atoms with E-state index >= 15 is 0 Å². The van der Waals surface area contributed by atoms with E-state index < -0.39 is 6.10 Å². The van der Waals surface area contributed by atoms with Crippen LogP contribution in [0.5, 0.6) is 0 Å². The number of nitrogen functional groups attached to an aromatic ring is 1. The second-order valence-electron chi connectivity index (χ2n) is 5.96. The van der Waals surface area contributed by atoms with Gasteiger partial charge in [-0.1, -0.05) is 22.4 Å². The first kappa shape index (κ1) is 12.5. The van der Waals surface area contributed by atoms with Gasteiger partial charge in [0.2, 0.25) is 0 Å². The van der Waals surface area contributed by atoms with Gasteiger partial charge in [0, 0.05) is 15.7 Å². The van der Waals surface area contributed by atoms with Crippen molar-refractivity contribution in [3.63, 3.8) is 0 Å². The van der Waals surface area contributed by atoms with Crippen molar-refractivity contribution in [3.05, 3.63) is 28.2 Å². The van der Waals surface area contributed by atoms with E-state index in [1.165, 1.54) is 25.7 Å². The second kappa shape index (κ2) is 4.86. The molecule has 4 unspecified atom stereocenters. The summed E-state index contributed by atoms with van der Waals surface area (Å²) in [5.41, 5.74) is 7.54. The van der Waals surface area contributed by atoms with Crippen molar-refractivity contribution in [2.24, 2.45) is 17.8 Å². The molecule has 2 fully saturated rings. The van der Waals surface area contributed by atoms with Crippen LogP contribution in [0.25, 0.3) is 0 Å². The molecule has 18 heavy (non-hydrogen) atoms. The molecule has 3 rings (SSSR count). The number of aliphatic hydroxyl groups is 1. The molecule has 0 aliphatic heterocycles. The standard InChI is InChI=1S/C15H20BrNO/c16-12-3-4-14(17)13(8-12)15(18)7-11-6-9-1-2-10(11)5-9/h3-4,8-11,15,18H,1-2,5-7,17H2. The topological polar surface area (TPSA) is 46.2 Å². The van der Waals surface area contributed by atoms with E-state index in [4.69, 9.17) is 5.73 Å². The van der Waals surface area contributed by atoms with Crippen molar-refractivity contribution < 1.29 is 5.11 Å². The molecular weight excluding hydrogens is 290 g/mol. The summed E-state index contributed by atoms with van der Waals surface area (Å²) >= 11 is 3.44. The molecule has 2 aliphatic rings. The lowest BCUT2D eigenvalue weighted by atomic mass is 9.83. The molecule has 4 atom stereocenters. The number of hydrogen-bond acceptors (Lipinski definition) is 2. The predicted octanol–water partition coefficient (Wildman–Crippen LogP) is 3.89. The number of aliphatic hydroxyl groups excluding tert-OH is 1. The molecule has 0 spiro atoms. The van der Waals surface area contributed by atoms with E-state index in [2.05, 4.69) is 15.9 Å². The zero-order chi connectivity index (χ0) is 12.7. The zero-order valence-electron chi connectivity index (χ0n) is 10.5. The summed E-state index contributed by atoms with van der Waals surface area (Å²) < 4.78 is 0.985. The van der Waals surface area contributed by atoms with Gasteiger partial charge in [-0.15, -0.1) is 0 Å². The van der Waals surface area contributed by atoms with Crippen molar-refractivity contribution in [1.29, 1.82) is 0 Å². The maximum absolute atomic E-state index is 10.4. The van der Waals surface area contributed by atoms with Crippen LogP contribution < -0.4 is 5.73 Å². The van der Waals surface area contributed by atoms with E-state index in [1.54, 1.807) is 0 Å². The molecule has 0 aromatic heterocycles. The third-order valence-electron chi connectivity index (χ3n) is 4.82. The number of fused-ring (bicyclic) bond motifs is 2. The monoisotopic (exact) mass is 309 g/mol. The maximum Gasteiger partial charge on any atom is 0.0813 e. The SMILES string of the molecule is Nc1ccc(Br)cc1C(O)CC1CC2CCC1C2. The van der Waals surface area contributed by atoms with Gasteiger partial charge in [-0.25, -0.2) is 0 Å². The average Bonchev–Trinajstić information content (AvgIpc) is 2.94. The Morgan fingerprint density at radius 2 is 2.17 bits per heavy atom.